The number of rotatable bonds is 2. The number of nitrogens with two attached hydrogens (primary N) is 1. The van der Waals surface area contributed by atoms with E-state index in [-0.39, 0.29) is 24.1 Å². The fraction of sp³-hybridized carbons (Fsp3) is 0.500. The van der Waals surface area contributed by atoms with E-state index in [0.717, 1.165) is 0 Å². The lowest BCUT2D eigenvalue weighted by atomic mass is 10.5. The minimum Gasteiger partial charge on any atom is -0.393 e. The number of aliphatic hydroxyl groups excluding tert-OH is 1. The maximum atomic E-state index is 11.4. The summed E-state index contributed by atoms with van der Waals surface area (Å²) in [7, 11) is -13.9. The van der Waals surface area contributed by atoms with Crippen molar-refractivity contribution in [2.45, 2.75) is 11.7 Å². The van der Waals surface area contributed by atoms with Crippen molar-refractivity contribution in [2.75, 3.05) is 18.1 Å². The molecule has 2 atom stereocenters. The highest BCUT2D eigenvalue weighted by Crippen LogP contribution is 2.30. The molecule has 18 nitrogen and oxygen atoms in total. The van der Waals surface area contributed by atoms with Crippen LogP contribution in [0.4, 0.5) is 5.82 Å². The van der Waals surface area contributed by atoms with Crippen LogP contribution in [-0.4, -0.2) is 76.5 Å². The second kappa shape index (κ2) is 13.6. The molecule has 178 valence electrons. The summed E-state index contributed by atoms with van der Waals surface area (Å²) in [5.41, 5.74) is 4.67. The van der Waals surface area contributed by atoms with Crippen LogP contribution in [0, 0.1) is 0 Å². The van der Waals surface area contributed by atoms with E-state index in [9.17, 15) is 4.79 Å². The largest absolute Gasteiger partial charge is 0.466 e. The second-order valence-electron chi connectivity index (χ2n) is 4.62. The van der Waals surface area contributed by atoms with Crippen LogP contribution in [0.1, 0.15) is 6.23 Å². The highest BCUT2D eigenvalue weighted by Gasteiger charge is 2.27. The number of hydrogen-bond acceptors (Lipinski definition) is 9. The Hall–Kier alpha value is -0.720. The van der Waals surface area contributed by atoms with Gasteiger partial charge in [0.1, 0.15) is 17.5 Å². The van der Waals surface area contributed by atoms with Crippen LogP contribution in [0.3, 0.4) is 0 Å². The topological polar surface area (TPSA) is 324 Å². The molecule has 1 saturated heterocycles. The number of hydrogen-bond donors (Lipinski definition) is 11. The molecule has 0 amide bonds. The quantitative estimate of drug-likeness (QED) is 0.168. The minimum atomic E-state index is -4.64. The SMILES string of the molecule is Nc1ccn([C@H]2CS[C@@H](CO)O2)c(=O)n1.O=P(O)(O)O.O=P(O)(O)O.O=P(O)(O)O. The summed E-state index contributed by atoms with van der Waals surface area (Å²) in [6, 6.07) is 1.54. The van der Waals surface area contributed by atoms with E-state index in [1.165, 1.54) is 16.3 Å². The summed E-state index contributed by atoms with van der Waals surface area (Å²) in [4.78, 5) is 79.7. The average Bonchev–Trinajstić information content (AvgIpc) is 2.90. The predicted molar refractivity (Wildman–Crippen MR) is 99.2 cm³/mol. The molecule has 30 heavy (non-hydrogen) atoms. The molecule has 0 saturated carbocycles. The molecule has 2 rings (SSSR count). The molecule has 22 heteroatoms. The summed E-state index contributed by atoms with van der Waals surface area (Å²) >= 11 is 1.47. The van der Waals surface area contributed by atoms with Crippen LogP contribution >= 0.6 is 35.2 Å². The second-order valence-corrected chi connectivity index (χ2v) is 8.89. The summed E-state index contributed by atoms with van der Waals surface area (Å²) in [5.74, 6) is 0.817. The fourth-order valence-corrected chi connectivity index (χ4v) is 2.26. The molecular weight excluding hydrogens is 503 g/mol. The smallest absolute Gasteiger partial charge is 0.393 e. The van der Waals surface area contributed by atoms with Crippen LogP contribution in [0.15, 0.2) is 17.1 Å². The van der Waals surface area contributed by atoms with Crippen LogP contribution < -0.4 is 11.4 Å². The van der Waals surface area contributed by atoms with Crippen molar-refractivity contribution >= 4 is 41.0 Å². The van der Waals surface area contributed by atoms with E-state index in [2.05, 4.69) is 4.98 Å². The van der Waals surface area contributed by atoms with E-state index in [1.54, 1.807) is 12.3 Å². The lowest BCUT2D eigenvalue weighted by Gasteiger charge is -2.13. The van der Waals surface area contributed by atoms with Gasteiger partial charge in [0, 0.05) is 11.9 Å². The first-order valence-corrected chi connectivity index (χ1v) is 12.5. The fourth-order valence-electron chi connectivity index (χ4n) is 1.33. The third-order valence-electron chi connectivity index (χ3n) is 2.04. The molecule has 1 aromatic heterocycles. The van der Waals surface area contributed by atoms with Crippen LogP contribution in [0.5, 0.6) is 0 Å². The molecule has 1 fully saturated rings. The van der Waals surface area contributed by atoms with Crippen LogP contribution in [-0.2, 0) is 18.4 Å². The Labute approximate surface area is 171 Å². The van der Waals surface area contributed by atoms with E-state index in [4.69, 9.17) is 73.3 Å². The van der Waals surface area contributed by atoms with Gasteiger partial charge in [-0.2, -0.15) is 4.98 Å². The Balaban J connectivity index is 0. The Kier molecular flexibility index (Phi) is 14.3. The van der Waals surface area contributed by atoms with Gasteiger partial charge in [-0.25, -0.2) is 18.5 Å². The number of aromatic nitrogens is 2. The summed E-state index contributed by atoms with van der Waals surface area (Å²) < 4.78 is 33.4. The number of thioether (sulfide) groups is 1. The van der Waals surface area contributed by atoms with Crippen molar-refractivity contribution in [2.24, 2.45) is 0 Å². The highest BCUT2D eigenvalue weighted by molar-refractivity contribution is 8.00. The standard InChI is InChI=1S/C8H11N3O3S.3H3O4P/c9-5-1-2-11(8(13)10-5)6-4-15-7(3-12)14-6;3*1-5(2,3)4/h1-2,6-7,12H,3-4H2,(H2,9,10,13);3*(H3,1,2,3,4)/t6-,7+;;;/m1.../s1. The highest BCUT2D eigenvalue weighted by atomic mass is 32.2. The molecule has 1 aromatic rings. The maximum Gasteiger partial charge on any atom is 0.466 e. The molecular formula is C8H20N3O15P3S. The first-order valence-electron chi connectivity index (χ1n) is 6.78. The monoisotopic (exact) mass is 523 g/mol. The van der Waals surface area contributed by atoms with Crippen LogP contribution in [0.2, 0.25) is 0 Å². The third kappa shape index (κ3) is 25.3. The molecule has 0 spiro atoms. The van der Waals surface area contributed by atoms with Gasteiger partial charge in [-0.1, -0.05) is 0 Å². The first kappa shape index (κ1) is 31.5. The van der Waals surface area contributed by atoms with Crippen molar-refractivity contribution in [3.63, 3.8) is 0 Å². The van der Waals surface area contributed by atoms with Gasteiger partial charge < -0.3 is 59.6 Å². The van der Waals surface area contributed by atoms with E-state index >= 15 is 0 Å². The zero-order valence-corrected chi connectivity index (χ0v) is 18.0. The van der Waals surface area contributed by atoms with E-state index < -0.39 is 29.2 Å². The number of nitrogens with zero attached hydrogens (tertiary/aromatic N) is 2. The van der Waals surface area contributed by atoms with Crippen molar-refractivity contribution in [3.05, 3.63) is 22.7 Å². The summed E-state index contributed by atoms with van der Waals surface area (Å²) in [6.45, 7) is -0.0572. The molecule has 2 heterocycles. The Morgan fingerprint density at radius 3 is 1.73 bits per heavy atom. The van der Waals surface area contributed by atoms with Gasteiger partial charge in [-0.05, 0) is 6.07 Å². The zero-order valence-electron chi connectivity index (χ0n) is 14.5. The molecule has 0 aromatic carbocycles. The molecule has 0 aliphatic carbocycles. The average molecular weight is 523 g/mol. The minimum absolute atomic E-state index is 0.0572. The van der Waals surface area contributed by atoms with Gasteiger partial charge in [0.25, 0.3) is 0 Å². The maximum absolute atomic E-state index is 11.4. The van der Waals surface area contributed by atoms with Gasteiger partial charge in [0.2, 0.25) is 0 Å². The first-order chi connectivity index (χ1) is 13.2. The van der Waals surface area contributed by atoms with Crippen molar-refractivity contribution in [1.82, 2.24) is 9.55 Å². The molecule has 1 aliphatic heterocycles. The third-order valence-corrected chi connectivity index (χ3v) is 3.15. The molecule has 12 N–H and O–H groups in total. The molecule has 1 aliphatic rings. The Bertz CT molecular complexity index is 760. The molecule has 0 unspecified atom stereocenters. The van der Waals surface area contributed by atoms with Gasteiger partial charge in [-0.15, -0.1) is 11.8 Å². The van der Waals surface area contributed by atoms with Crippen molar-refractivity contribution < 1.29 is 67.6 Å². The molecule has 0 radical (unpaired) electrons. The number of phosphoric acid groups is 3. The van der Waals surface area contributed by atoms with Crippen molar-refractivity contribution in [1.29, 1.82) is 0 Å². The lowest BCUT2D eigenvalue weighted by Crippen LogP contribution is -2.28. The van der Waals surface area contributed by atoms with Gasteiger partial charge in [0.15, 0.2) is 0 Å². The summed E-state index contributed by atoms with van der Waals surface area (Å²) in [6.07, 6.45) is 1.18. The number of aliphatic hydroxyl groups is 1. The molecule has 0 bridgehead atoms. The van der Waals surface area contributed by atoms with Gasteiger partial charge in [-0.3, -0.25) is 4.57 Å². The lowest BCUT2D eigenvalue weighted by molar-refractivity contribution is -0.00629. The van der Waals surface area contributed by atoms with Gasteiger partial charge >= 0.3 is 29.2 Å². The van der Waals surface area contributed by atoms with Crippen molar-refractivity contribution in [3.8, 4) is 0 Å². The number of nitrogen functional groups attached to an aromatic ring is 1. The Morgan fingerprint density at radius 2 is 1.43 bits per heavy atom. The Morgan fingerprint density at radius 1 is 1.03 bits per heavy atom. The zero-order chi connectivity index (χ0) is 24.3. The number of ether oxygens (including phenoxy) is 1. The predicted octanol–water partition coefficient (Wildman–Crippen LogP) is -3.38. The van der Waals surface area contributed by atoms with E-state index in [1.807, 2.05) is 0 Å². The van der Waals surface area contributed by atoms with E-state index in [0.29, 0.717) is 5.75 Å². The van der Waals surface area contributed by atoms with Crippen LogP contribution in [0.25, 0.3) is 0 Å². The van der Waals surface area contributed by atoms with Gasteiger partial charge in [0.05, 0.1) is 6.61 Å². The summed E-state index contributed by atoms with van der Waals surface area (Å²) in [5, 5.41) is 8.88. The normalized spacial score (nSPS) is 18.7. The number of anilines is 1.